The van der Waals surface area contributed by atoms with E-state index >= 15 is 0 Å². The van der Waals surface area contributed by atoms with Crippen LogP contribution in [0, 0.1) is 23.4 Å². The molecule has 3 aliphatic heterocycles. The highest BCUT2D eigenvalue weighted by Crippen LogP contribution is 2.33. The third kappa shape index (κ3) is 20.6. The second kappa shape index (κ2) is 34.7. The third-order valence-electron chi connectivity index (χ3n) is 17.7. The van der Waals surface area contributed by atoms with Crippen molar-refractivity contribution in [2.24, 2.45) is 11.7 Å². The van der Waals surface area contributed by atoms with E-state index in [9.17, 15) is 37.1 Å². The number of nitrogens with two attached hydrogens (primary N) is 1. The summed E-state index contributed by atoms with van der Waals surface area (Å²) in [6.07, 6.45) is 7.92. The van der Waals surface area contributed by atoms with Crippen molar-refractivity contribution in [1.29, 1.82) is 0 Å². The van der Waals surface area contributed by atoms with Crippen molar-refractivity contribution in [1.82, 2.24) is 59.1 Å². The highest BCUT2D eigenvalue weighted by atomic mass is 79.9. The van der Waals surface area contributed by atoms with E-state index in [1.54, 1.807) is 153 Å². The molecule has 12 aromatic rings. The average molecular weight is 1660 g/mol. The molecule has 3 aliphatic rings. The van der Waals surface area contributed by atoms with Gasteiger partial charge in [0.25, 0.3) is 0 Å². The molecule has 8 aromatic heterocycles. The summed E-state index contributed by atoms with van der Waals surface area (Å²) in [4.78, 5) is 87.5. The van der Waals surface area contributed by atoms with Crippen molar-refractivity contribution in [2.45, 2.75) is 130 Å². The summed E-state index contributed by atoms with van der Waals surface area (Å²) in [5.74, 6) is 0.843. The van der Waals surface area contributed by atoms with E-state index in [1.807, 2.05) is 90.1 Å². The molecule has 0 saturated carbocycles. The molecule has 6 atom stereocenters. The smallest absolute Gasteiger partial charge is 0.407 e. The van der Waals surface area contributed by atoms with Crippen LogP contribution in [0.2, 0.25) is 0 Å². The van der Waals surface area contributed by atoms with Crippen LogP contribution in [0.25, 0.3) is 39.5 Å². The monoisotopic (exact) mass is 1650 g/mol. The van der Waals surface area contributed by atoms with Gasteiger partial charge < -0.3 is 39.6 Å². The minimum atomic E-state index is -0.560. The summed E-state index contributed by atoms with van der Waals surface area (Å²) in [5, 5.41) is 16.2. The molecule has 0 unspecified atom stereocenters. The molecule has 4 aromatic carbocycles. The predicted molar refractivity (Wildman–Crippen MR) is 420 cm³/mol. The van der Waals surface area contributed by atoms with E-state index in [2.05, 4.69) is 77.4 Å². The molecule has 26 nitrogen and oxygen atoms in total. The molecule has 3 fully saturated rings. The van der Waals surface area contributed by atoms with Gasteiger partial charge in [-0.15, -0.1) is 15.3 Å². The van der Waals surface area contributed by atoms with Gasteiger partial charge in [0.2, 0.25) is 35.4 Å². The lowest BCUT2D eigenvalue weighted by Crippen LogP contribution is -2.40. The number of esters is 1. The molecule has 112 heavy (non-hydrogen) atoms. The van der Waals surface area contributed by atoms with Gasteiger partial charge in [0, 0.05) is 96.8 Å². The minimum Gasteiger partial charge on any atom is -0.469 e. The predicted octanol–water partition coefficient (Wildman–Crippen LogP) is 15.1. The van der Waals surface area contributed by atoms with Crippen LogP contribution in [0.5, 0.6) is 17.6 Å². The standard InChI is InChI=1S/C29H30FN5O4.C23H21FN6O2.C15H19BrN2O3.C14H11BrFN3O/c1-18(20-6-5-7-22(30)14-20)38-26-11-10-25-32-16-23(35(25)33-26)21-8-9-24(31-15-21)34-17-19(12-27(34)36)13-28(37)39-29(2,3)4;1-14(15-3-2-4-17(24)9-15)32-22-8-7-21-27-12-19(30(21)28-22)16-5-6-20(26-11-16)29-13-18(25)10-23(29)31;1-15(2,3)21-14(20)17-11-8-13(19)18(9-11)12-6-4-10(16)5-7-12;1-9(10-3-2-4-11(16)7-10)20-14-6-5-13-17-8-12(15)19(13)18-14/h5-11,14-16,18-19H,12-13,17H2,1-4H3;2-9,11-12,14,18H,10,13,25H2,1H3;4-7,11H,8-9H2,1-3H3,(H,17,20);2-9H,1H3/t18-,19-;14-,18+;11-;9-/m1101/s1. The Morgan fingerprint density at radius 3 is 1.38 bits per heavy atom. The van der Waals surface area contributed by atoms with Crippen LogP contribution in [0.1, 0.15) is 123 Å². The van der Waals surface area contributed by atoms with E-state index in [1.165, 1.54) is 36.4 Å². The number of ether oxygens (including phenoxy) is 5. The Morgan fingerprint density at radius 1 is 0.500 bits per heavy atom. The second-order valence-electron chi connectivity index (χ2n) is 28.8. The summed E-state index contributed by atoms with van der Waals surface area (Å²) >= 11 is 6.72. The first kappa shape index (κ1) is 79.8. The fraction of sp³-hybridized carbons (Fsp3) is 0.296. The number of aromatic nitrogens is 11. The molecule has 11 heterocycles. The fourth-order valence-corrected chi connectivity index (χ4v) is 13.0. The normalized spacial score (nSPS) is 16.4. The highest BCUT2D eigenvalue weighted by molar-refractivity contribution is 9.10. The number of hydrogen-bond donors (Lipinski definition) is 2. The van der Waals surface area contributed by atoms with Crippen LogP contribution in [0.3, 0.4) is 0 Å². The lowest BCUT2D eigenvalue weighted by Gasteiger charge is -2.22. The number of rotatable bonds is 17. The Labute approximate surface area is 659 Å². The van der Waals surface area contributed by atoms with Crippen LogP contribution in [0.4, 0.5) is 35.3 Å². The molecule has 31 heteroatoms. The maximum Gasteiger partial charge on any atom is 0.407 e. The Balaban J connectivity index is 0.000000144. The average Bonchev–Trinajstić information content (AvgIpc) is 1.62. The summed E-state index contributed by atoms with van der Waals surface area (Å²) < 4.78 is 75.2. The topological polar surface area (TPSA) is 296 Å². The molecule has 580 valence electrons. The number of hydrogen-bond acceptors (Lipinski definition) is 19. The molecule has 0 spiro atoms. The number of carbonyl (C=O) groups is 5. The van der Waals surface area contributed by atoms with Crippen molar-refractivity contribution >= 4 is 95.9 Å². The molecule has 0 radical (unpaired) electrons. The molecule has 4 amide bonds. The number of pyridine rings is 2. The molecule has 15 rings (SSSR count). The van der Waals surface area contributed by atoms with Gasteiger partial charge in [-0.3, -0.25) is 29.0 Å². The summed E-state index contributed by atoms with van der Waals surface area (Å²) in [6.45, 7) is 17.7. The van der Waals surface area contributed by atoms with Gasteiger partial charge in [-0.25, -0.2) is 56.4 Å². The second-order valence-corrected chi connectivity index (χ2v) is 30.5. The Bertz CT molecular complexity index is 5370. The van der Waals surface area contributed by atoms with Crippen molar-refractivity contribution < 1.29 is 60.8 Å². The number of imidazole rings is 3. The van der Waals surface area contributed by atoms with Crippen molar-refractivity contribution in [3.8, 4) is 40.2 Å². The van der Waals surface area contributed by atoms with E-state index in [-0.39, 0.29) is 90.6 Å². The van der Waals surface area contributed by atoms with E-state index in [0.717, 1.165) is 42.8 Å². The molecular weight excluding hydrogens is 1570 g/mol. The lowest BCUT2D eigenvalue weighted by molar-refractivity contribution is -0.155. The van der Waals surface area contributed by atoms with Gasteiger partial charge in [-0.1, -0.05) is 52.3 Å². The fourth-order valence-electron chi connectivity index (χ4n) is 12.4. The number of carbonyl (C=O) groups excluding carboxylic acids is 5. The number of alkyl carbamates (subject to hydrolysis) is 1. The first-order chi connectivity index (χ1) is 53.4. The Kier molecular flexibility index (Phi) is 24.7. The molecule has 0 bridgehead atoms. The van der Waals surface area contributed by atoms with Crippen molar-refractivity contribution in [2.75, 3.05) is 34.3 Å². The van der Waals surface area contributed by atoms with Crippen LogP contribution < -0.4 is 40.0 Å². The summed E-state index contributed by atoms with van der Waals surface area (Å²) in [7, 11) is 0. The number of anilines is 3. The number of nitrogens with zero attached hydrogens (tertiary/aromatic N) is 14. The van der Waals surface area contributed by atoms with Crippen LogP contribution in [-0.2, 0) is 28.7 Å². The first-order valence-electron chi connectivity index (χ1n) is 35.9. The molecule has 0 aliphatic carbocycles. The van der Waals surface area contributed by atoms with Crippen LogP contribution in [0.15, 0.2) is 198 Å². The molecule has 3 N–H and O–H groups in total. The minimum absolute atomic E-state index is 0.00150. The largest absolute Gasteiger partial charge is 0.469 e. The van der Waals surface area contributed by atoms with Gasteiger partial charge in [0.05, 0.1) is 42.4 Å². The van der Waals surface area contributed by atoms with E-state index in [4.69, 9.17) is 29.4 Å². The van der Waals surface area contributed by atoms with Gasteiger partial charge in [-0.2, -0.15) is 0 Å². The van der Waals surface area contributed by atoms with Gasteiger partial charge in [0.15, 0.2) is 16.9 Å². The summed E-state index contributed by atoms with van der Waals surface area (Å²) in [6, 6.07) is 43.9. The SMILES string of the molecule is CC(C)(C)OC(=O)N[C@H]1CC(=O)N(c2ccc(Br)cc2)C1.C[C@@H](Oc1ccc2ncc(-c3ccc(N4C[C@@H](CC(=O)OC(C)(C)C)CC4=O)nc3)n2n1)c1cccc(F)c1.C[C@@H](Oc1ccc2ncc(-c3ccc(N4C[C@@H](N)CC4=O)nc3)n2n1)c1cccc(F)c1.C[C@@H](Oc1ccc2ncc(Br)n2n1)c1cccc(F)c1. The maximum atomic E-state index is 13.6. The van der Waals surface area contributed by atoms with Crippen molar-refractivity contribution in [3.05, 3.63) is 232 Å². The number of halogens is 5. The van der Waals surface area contributed by atoms with Gasteiger partial charge in [-0.05, 0) is 204 Å². The third-order valence-corrected chi connectivity index (χ3v) is 18.7. The quantitative estimate of drug-likeness (QED) is 0.0800. The summed E-state index contributed by atoms with van der Waals surface area (Å²) in [5.41, 5.74) is 12.8. The Hall–Kier alpha value is -11.7. The molecular formula is C81H81Br2F3N16O10. The van der Waals surface area contributed by atoms with Gasteiger partial charge in [0.1, 0.15) is 63.2 Å². The number of fused-ring (bicyclic) bond motifs is 3. The highest BCUT2D eigenvalue weighted by Gasteiger charge is 2.36. The number of nitrogens with one attached hydrogen (secondary N) is 1. The van der Waals surface area contributed by atoms with E-state index < -0.39 is 23.4 Å². The zero-order valence-corrected chi connectivity index (χ0v) is 65.8. The Morgan fingerprint density at radius 2 is 0.938 bits per heavy atom. The van der Waals surface area contributed by atoms with Crippen LogP contribution >= 0.6 is 31.9 Å². The van der Waals surface area contributed by atoms with Crippen molar-refractivity contribution in [3.63, 3.8) is 0 Å². The lowest BCUT2D eigenvalue weighted by atomic mass is 10.0. The number of benzene rings is 4. The van der Waals surface area contributed by atoms with Crippen LogP contribution in [-0.4, -0.2) is 126 Å². The van der Waals surface area contributed by atoms with E-state index in [0.29, 0.717) is 83.4 Å². The van der Waals surface area contributed by atoms with Gasteiger partial charge >= 0.3 is 12.1 Å². The zero-order chi connectivity index (χ0) is 79.7. The zero-order valence-electron chi connectivity index (χ0n) is 62.6. The molecule has 3 saturated heterocycles. The maximum absolute atomic E-state index is 13.6. The number of amides is 4. The first-order valence-corrected chi connectivity index (χ1v) is 37.5.